The fourth-order valence-electron chi connectivity index (χ4n) is 2.24. The Morgan fingerprint density at radius 3 is 2.36 bits per heavy atom. The van der Waals surface area contributed by atoms with Crippen molar-refractivity contribution in [3.05, 3.63) is 35.6 Å². The number of ether oxygens (including phenoxy) is 1. The third-order valence-corrected chi connectivity index (χ3v) is 3.44. The molecule has 1 aromatic carbocycles. The summed E-state index contributed by atoms with van der Waals surface area (Å²) in [5, 5.41) is 13.7. The summed E-state index contributed by atoms with van der Waals surface area (Å²) in [6, 6.07) is 6.18. The first-order valence-electron chi connectivity index (χ1n) is 7.57. The Labute approximate surface area is 131 Å². The number of carbonyl (C=O) groups excluding carboxylic acids is 1. The fraction of sp³-hybridized carbons (Fsp3) is 0.588. The summed E-state index contributed by atoms with van der Waals surface area (Å²) >= 11 is 0. The third-order valence-electron chi connectivity index (χ3n) is 3.44. The normalized spacial score (nSPS) is 22.0. The summed E-state index contributed by atoms with van der Waals surface area (Å²) in [5.41, 5.74) is -0.272. The number of aliphatic hydroxyl groups is 1. The van der Waals surface area contributed by atoms with Gasteiger partial charge in [0.1, 0.15) is 11.4 Å². The van der Waals surface area contributed by atoms with Crippen molar-refractivity contribution in [3.63, 3.8) is 0 Å². The minimum absolute atomic E-state index is 0.255. The standard InChI is InChI=1S/C12H16FNO.C5H10O2/c13-11-4-2-10(3-5-11)12(15)6-1-8-14-9-7-12;1-5(2,3)7-4-6/h2-5,14-15H,1,6-9H2;4H,1-3H3. The van der Waals surface area contributed by atoms with Crippen LogP contribution in [0.5, 0.6) is 0 Å². The zero-order valence-electron chi connectivity index (χ0n) is 13.6. The van der Waals surface area contributed by atoms with E-state index in [-0.39, 0.29) is 11.4 Å². The highest BCUT2D eigenvalue weighted by Crippen LogP contribution is 2.31. The summed E-state index contributed by atoms with van der Waals surface area (Å²) in [4.78, 5) is 9.60. The number of rotatable bonds is 2. The quantitative estimate of drug-likeness (QED) is 0.825. The van der Waals surface area contributed by atoms with Crippen LogP contribution in [-0.4, -0.2) is 30.3 Å². The predicted molar refractivity (Wildman–Crippen MR) is 83.9 cm³/mol. The van der Waals surface area contributed by atoms with Crippen LogP contribution < -0.4 is 5.32 Å². The van der Waals surface area contributed by atoms with Crippen LogP contribution in [0.4, 0.5) is 4.39 Å². The van der Waals surface area contributed by atoms with Crippen molar-refractivity contribution in [1.29, 1.82) is 0 Å². The van der Waals surface area contributed by atoms with Crippen LogP contribution in [0.2, 0.25) is 0 Å². The van der Waals surface area contributed by atoms with E-state index < -0.39 is 5.60 Å². The first-order chi connectivity index (χ1) is 10.3. The number of hydrogen-bond acceptors (Lipinski definition) is 4. The lowest BCUT2D eigenvalue weighted by atomic mass is 9.87. The smallest absolute Gasteiger partial charge is 0.293 e. The van der Waals surface area contributed by atoms with Crippen LogP contribution in [0.3, 0.4) is 0 Å². The molecule has 1 fully saturated rings. The second-order valence-corrected chi connectivity index (χ2v) is 6.47. The SMILES string of the molecule is CC(C)(C)OC=O.OC1(c2ccc(F)cc2)CCCNCC1. The summed E-state index contributed by atoms with van der Waals surface area (Å²) in [5.74, 6) is -0.255. The molecule has 5 heteroatoms. The molecular weight excluding hydrogens is 285 g/mol. The van der Waals surface area contributed by atoms with Crippen LogP contribution in [0, 0.1) is 5.82 Å². The van der Waals surface area contributed by atoms with Crippen molar-refractivity contribution in [3.8, 4) is 0 Å². The lowest BCUT2D eigenvalue weighted by Gasteiger charge is -2.26. The molecule has 4 nitrogen and oxygen atoms in total. The Hall–Kier alpha value is -1.46. The van der Waals surface area contributed by atoms with Crippen molar-refractivity contribution in [2.24, 2.45) is 0 Å². The van der Waals surface area contributed by atoms with Crippen molar-refractivity contribution < 1.29 is 19.0 Å². The molecule has 1 saturated heterocycles. The van der Waals surface area contributed by atoms with Gasteiger partial charge in [-0.3, -0.25) is 4.79 Å². The molecule has 0 radical (unpaired) electrons. The van der Waals surface area contributed by atoms with Gasteiger partial charge in [-0.05, 0) is 70.8 Å². The number of hydrogen-bond donors (Lipinski definition) is 2. The van der Waals surface area contributed by atoms with Gasteiger partial charge in [-0.25, -0.2) is 4.39 Å². The fourth-order valence-corrected chi connectivity index (χ4v) is 2.24. The molecule has 124 valence electrons. The minimum atomic E-state index is -0.781. The molecule has 1 aliphatic rings. The third kappa shape index (κ3) is 6.54. The molecule has 22 heavy (non-hydrogen) atoms. The largest absolute Gasteiger partial charge is 0.462 e. The number of nitrogens with one attached hydrogen (secondary N) is 1. The molecule has 0 amide bonds. The summed E-state index contributed by atoms with van der Waals surface area (Å²) < 4.78 is 17.3. The average molecular weight is 311 g/mol. The summed E-state index contributed by atoms with van der Waals surface area (Å²) in [6.07, 6.45) is 2.39. The summed E-state index contributed by atoms with van der Waals surface area (Å²) in [7, 11) is 0. The highest BCUT2D eigenvalue weighted by Gasteiger charge is 2.29. The van der Waals surface area contributed by atoms with Crippen LogP contribution >= 0.6 is 0 Å². The van der Waals surface area contributed by atoms with Gasteiger partial charge in [0.15, 0.2) is 0 Å². The first kappa shape index (κ1) is 18.6. The number of halogens is 1. The molecule has 1 atom stereocenters. The second kappa shape index (κ2) is 8.25. The summed E-state index contributed by atoms with van der Waals surface area (Å²) in [6.45, 7) is 7.68. The van der Waals surface area contributed by atoms with E-state index in [1.54, 1.807) is 12.1 Å². The molecule has 2 rings (SSSR count). The van der Waals surface area contributed by atoms with Crippen molar-refractivity contribution >= 4 is 6.47 Å². The van der Waals surface area contributed by atoms with Gasteiger partial charge in [0.05, 0.1) is 5.60 Å². The predicted octanol–water partition coefficient (Wildman–Crippen LogP) is 2.74. The van der Waals surface area contributed by atoms with Gasteiger partial charge < -0.3 is 15.2 Å². The van der Waals surface area contributed by atoms with Gasteiger partial charge in [0, 0.05) is 0 Å². The monoisotopic (exact) mass is 311 g/mol. The van der Waals surface area contributed by atoms with E-state index in [0.29, 0.717) is 12.9 Å². The van der Waals surface area contributed by atoms with Gasteiger partial charge >= 0.3 is 0 Å². The van der Waals surface area contributed by atoms with Gasteiger partial charge in [-0.1, -0.05) is 12.1 Å². The maximum atomic E-state index is 12.8. The molecule has 0 spiro atoms. The van der Waals surface area contributed by atoms with Crippen LogP contribution in [-0.2, 0) is 15.1 Å². The van der Waals surface area contributed by atoms with E-state index in [9.17, 15) is 14.3 Å². The lowest BCUT2D eigenvalue weighted by molar-refractivity contribution is -0.138. The van der Waals surface area contributed by atoms with Crippen LogP contribution in [0.1, 0.15) is 45.6 Å². The molecule has 1 heterocycles. The minimum Gasteiger partial charge on any atom is -0.462 e. The highest BCUT2D eigenvalue weighted by atomic mass is 19.1. The first-order valence-corrected chi connectivity index (χ1v) is 7.57. The zero-order chi connectivity index (χ0) is 16.6. The van der Waals surface area contributed by atoms with Gasteiger partial charge in [-0.2, -0.15) is 0 Å². The highest BCUT2D eigenvalue weighted by molar-refractivity contribution is 5.37. The van der Waals surface area contributed by atoms with E-state index in [1.165, 1.54) is 12.1 Å². The second-order valence-electron chi connectivity index (χ2n) is 6.47. The maximum Gasteiger partial charge on any atom is 0.293 e. The molecule has 0 saturated carbocycles. The molecular formula is C17H26FNO3. The van der Waals surface area contributed by atoms with E-state index in [2.05, 4.69) is 10.1 Å². The van der Waals surface area contributed by atoms with E-state index in [1.807, 2.05) is 20.8 Å². The lowest BCUT2D eigenvalue weighted by Crippen LogP contribution is -2.27. The molecule has 0 bridgehead atoms. The molecule has 0 aliphatic carbocycles. The zero-order valence-corrected chi connectivity index (χ0v) is 13.6. The number of benzene rings is 1. The van der Waals surface area contributed by atoms with Crippen molar-refractivity contribution in [2.75, 3.05) is 13.1 Å². The molecule has 1 aromatic rings. The van der Waals surface area contributed by atoms with Gasteiger partial charge in [0.25, 0.3) is 6.47 Å². The Morgan fingerprint density at radius 2 is 1.86 bits per heavy atom. The molecule has 1 aliphatic heterocycles. The topological polar surface area (TPSA) is 58.6 Å². The molecule has 2 N–H and O–H groups in total. The number of carbonyl (C=O) groups is 1. The van der Waals surface area contributed by atoms with Gasteiger partial charge in [0.2, 0.25) is 0 Å². The Balaban J connectivity index is 0.000000295. The van der Waals surface area contributed by atoms with Crippen molar-refractivity contribution in [1.82, 2.24) is 5.32 Å². The Morgan fingerprint density at radius 1 is 1.23 bits per heavy atom. The van der Waals surface area contributed by atoms with Crippen molar-refractivity contribution in [2.45, 2.75) is 51.2 Å². The molecule has 1 unspecified atom stereocenters. The van der Waals surface area contributed by atoms with Crippen LogP contribution in [0.25, 0.3) is 0 Å². The van der Waals surface area contributed by atoms with Gasteiger partial charge in [-0.15, -0.1) is 0 Å². The van der Waals surface area contributed by atoms with E-state index in [4.69, 9.17) is 0 Å². The maximum absolute atomic E-state index is 12.8. The van der Waals surface area contributed by atoms with E-state index in [0.717, 1.165) is 31.5 Å². The average Bonchev–Trinajstić information content (AvgIpc) is 2.64. The Kier molecular flexibility index (Phi) is 6.97. The molecule has 0 aromatic heterocycles. The Bertz CT molecular complexity index is 446. The van der Waals surface area contributed by atoms with Crippen LogP contribution in [0.15, 0.2) is 24.3 Å². The van der Waals surface area contributed by atoms with E-state index >= 15 is 0 Å².